The zero-order valence-corrected chi connectivity index (χ0v) is 20.3. The van der Waals surface area contributed by atoms with Crippen LogP contribution in [0.4, 0.5) is 0 Å². The molecule has 0 N–H and O–H groups in total. The lowest BCUT2D eigenvalue weighted by molar-refractivity contribution is -0.133. The number of carbonyl (C=O) groups is 2. The first-order valence-electron chi connectivity index (χ1n) is 14.3. The average molecular weight is 443 g/mol. The summed E-state index contributed by atoms with van der Waals surface area (Å²) in [6, 6.07) is 1.07. The number of hydrogen-bond acceptors (Lipinski definition) is 4. The van der Waals surface area contributed by atoms with Crippen molar-refractivity contribution >= 4 is 11.6 Å². The van der Waals surface area contributed by atoms with Gasteiger partial charge in [-0.1, -0.05) is 38.5 Å². The van der Waals surface area contributed by atoms with Crippen molar-refractivity contribution in [2.45, 2.75) is 115 Å². The largest absolute Gasteiger partial charge is 0.299 e. The lowest BCUT2D eigenvalue weighted by atomic mass is 9.71. The molecule has 0 radical (unpaired) electrons. The highest BCUT2D eigenvalue weighted by Crippen LogP contribution is 2.41. The number of rotatable bonds is 0. The van der Waals surface area contributed by atoms with Crippen LogP contribution in [0.25, 0.3) is 0 Å². The highest BCUT2D eigenvalue weighted by molar-refractivity contribution is 5.83. The highest BCUT2D eigenvalue weighted by Gasteiger charge is 2.44. The Morgan fingerprint density at radius 2 is 0.875 bits per heavy atom. The lowest BCUT2D eigenvalue weighted by Gasteiger charge is -2.49. The molecule has 1 aliphatic carbocycles. The molecule has 5 fully saturated rings. The van der Waals surface area contributed by atoms with Crippen LogP contribution in [0.1, 0.15) is 103 Å². The summed E-state index contributed by atoms with van der Waals surface area (Å²) in [7, 11) is 0. The van der Waals surface area contributed by atoms with E-state index >= 15 is 0 Å². The molecule has 4 heterocycles. The first-order valence-corrected chi connectivity index (χ1v) is 14.3. The van der Waals surface area contributed by atoms with Crippen LogP contribution < -0.4 is 0 Å². The molecule has 180 valence electrons. The van der Waals surface area contributed by atoms with Gasteiger partial charge in [-0.15, -0.1) is 0 Å². The third-order valence-corrected chi connectivity index (χ3v) is 9.97. The SMILES string of the molecule is O=C1CCN2CCC[C@@H]3CCCCC[C@H]4C(=O)CCN5CCC[C@H](CCCCC[C@@H]1[C@@H]32)[C@H]45. The molecule has 32 heavy (non-hydrogen) atoms. The van der Waals surface area contributed by atoms with Gasteiger partial charge in [-0.3, -0.25) is 19.4 Å². The molecular weight excluding hydrogens is 396 g/mol. The average Bonchev–Trinajstić information content (AvgIpc) is 2.80. The number of Topliss-reactive ketones (excluding diaryl/α,β-unsaturated/α-hetero) is 2. The van der Waals surface area contributed by atoms with Crippen molar-refractivity contribution in [1.29, 1.82) is 0 Å². The summed E-state index contributed by atoms with van der Waals surface area (Å²) in [5.74, 6) is 3.22. The van der Waals surface area contributed by atoms with E-state index in [-0.39, 0.29) is 0 Å². The molecule has 0 amide bonds. The molecule has 0 bridgehead atoms. The van der Waals surface area contributed by atoms with Crippen LogP contribution >= 0.6 is 0 Å². The van der Waals surface area contributed by atoms with Crippen molar-refractivity contribution < 1.29 is 9.59 Å². The van der Waals surface area contributed by atoms with Crippen LogP contribution in [-0.2, 0) is 9.59 Å². The van der Waals surface area contributed by atoms with Crippen molar-refractivity contribution in [3.8, 4) is 0 Å². The zero-order chi connectivity index (χ0) is 21.9. The Morgan fingerprint density at radius 1 is 0.469 bits per heavy atom. The maximum absolute atomic E-state index is 13.0. The first-order chi connectivity index (χ1) is 15.7. The molecule has 1 saturated carbocycles. The topological polar surface area (TPSA) is 40.6 Å². The smallest absolute Gasteiger partial charge is 0.138 e. The molecule has 0 aromatic carbocycles. The van der Waals surface area contributed by atoms with E-state index in [9.17, 15) is 9.59 Å². The summed E-state index contributed by atoms with van der Waals surface area (Å²) in [4.78, 5) is 31.3. The molecule has 4 heteroatoms. The van der Waals surface area contributed by atoms with Gasteiger partial charge in [-0.05, 0) is 76.3 Å². The Bertz CT molecular complexity index is 608. The molecule has 4 aliphatic heterocycles. The second kappa shape index (κ2) is 10.7. The van der Waals surface area contributed by atoms with Gasteiger partial charge in [0.15, 0.2) is 0 Å². The zero-order valence-electron chi connectivity index (χ0n) is 20.3. The summed E-state index contributed by atoms with van der Waals surface area (Å²) in [5.41, 5.74) is 0. The third kappa shape index (κ3) is 4.87. The summed E-state index contributed by atoms with van der Waals surface area (Å²) in [5, 5.41) is 0. The number of carbonyl (C=O) groups excluding carboxylic acids is 2. The molecule has 0 aromatic heterocycles. The summed E-state index contributed by atoms with van der Waals surface area (Å²) < 4.78 is 0. The maximum Gasteiger partial charge on any atom is 0.138 e. The molecule has 5 rings (SSSR count). The fraction of sp³-hybridized carbons (Fsp3) is 0.929. The van der Waals surface area contributed by atoms with Crippen molar-refractivity contribution in [2.24, 2.45) is 23.7 Å². The van der Waals surface area contributed by atoms with Gasteiger partial charge in [-0.2, -0.15) is 0 Å². The van der Waals surface area contributed by atoms with Gasteiger partial charge in [0, 0.05) is 49.9 Å². The molecule has 0 aromatic rings. The second-order valence-electron chi connectivity index (χ2n) is 11.8. The normalized spacial score (nSPS) is 41.0. The first kappa shape index (κ1) is 23.0. The van der Waals surface area contributed by atoms with E-state index in [2.05, 4.69) is 9.80 Å². The van der Waals surface area contributed by atoms with Gasteiger partial charge >= 0.3 is 0 Å². The van der Waals surface area contributed by atoms with Crippen LogP contribution in [0.15, 0.2) is 0 Å². The number of ketones is 2. The summed E-state index contributed by atoms with van der Waals surface area (Å²) in [6.45, 7) is 4.46. The number of hydrogen-bond donors (Lipinski definition) is 0. The van der Waals surface area contributed by atoms with E-state index in [1.165, 1.54) is 90.1 Å². The van der Waals surface area contributed by atoms with Crippen LogP contribution in [0.5, 0.6) is 0 Å². The minimum absolute atomic E-state index is 0.312. The maximum atomic E-state index is 13.0. The molecule has 6 atom stereocenters. The predicted octanol–water partition coefficient (Wildman–Crippen LogP) is 5.24. The Morgan fingerprint density at radius 3 is 1.34 bits per heavy atom. The molecule has 4 nitrogen and oxygen atoms in total. The Kier molecular flexibility index (Phi) is 7.68. The van der Waals surface area contributed by atoms with Gasteiger partial charge in [0.05, 0.1) is 0 Å². The van der Waals surface area contributed by atoms with Crippen molar-refractivity contribution in [3.05, 3.63) is 0 Å². The fourth-order valence-corrected chi connectivity index (χ4v) is 8.48. The molecular formula is C28H46N2O2. The summed E-state index contributed by atoms with van der Waals surface area (Å²) in [6.07, 6.45) is 19.2. The van der Waals surface area contributed by atoms with Gasteiger partial charge in [0.2, 0.25) is 0 Å². The van der Waals surface area contributed by atoms with E-state index in [1.807, 2.05) is 0 Å². The molecule has 0 spiro atoms. The molecule has 0 unspecified atom stereocenters. The fourth-order valence-electron chi connectivity index (χ4n) is 8.48. The predicted molar refractivity (Wildman–Crippen MR) is 129 cm³/mol. The second-order valence-corrected chi connectivity index (χ2v) is 11.8. The van der Waals surface area contributed by atoms with E-state index in [0.29, 0.717) is 35.5 Å². The number of nitrogens with zero attached hydrogens (tertiary/aromatic N) is 2. The molecule has 4 saturated heterocycles. The van der Waals surface area contributed by atoms with Crippen LogP contribution in [0.2, 0.25) is 0 Å². The van der Waals surface area contributed by atoms with Gasteiger partial charge < -0.3 is 0 Å². The van der Waals surface area contributed by atoms with Gasteiger partial charge in [-0.25, -0.2) is 0 Å². The quantitative estimate of drug-likeness (QED) is 0.514. The number of piperidine rings is 4. The minimum atomic E-state index is 0.312. The van der Waals surface area contributed by atoms with E-state index in [0.717, 1.165) is 50.6 Å². The Balaban J connectivity index is 1.29. The van der Waals surface area contributed by atoms with Crippen LogP contribution in [-0.4, -0.2) is 59.6 Å². The van der Waals surface area contributed by atoms with Crippen molar-refractivity contribution in [1.82, 2.24) is 9.80 Å². The molecule has 5 aliphatic rings. The van der Waals surface area contributed by atoms with Crippen LogP contribution in [0.3, 0.4) is 0 Å². The Hall–Kier alpha value is -0.740. The highest BCUT2D eigenvalue weighted by atomic mass is 16.1. The lowest BCUT2D eigenvalue weighted by Crippen LogP contribution is -2.56. The van der Waals surface area contributed by atoms with Gasteiger partial charge in [0.1, 0.15) is 11.6 Å². The Labute approximate surface area is 195 Å². The van der Waals surface area contributed by atoms with Crippen molar-refractivity contribution in [2.75, 3.05) is 26.2 Å². The monoisotopic (exact) mass is 442 g/mol. The minimum Gasteiger partial charge on any atom is -0.299 e. The van der Waals surface area contributed by atoms with E-state index in [4.69, 9.17) is 0 Å². The van der Waals surface area contributed by atoms with E-state index in [1.54, 1.807) is 0 Å². The summed E-state index contributed by atoms with van der Waals surface area (Å²) >= 11 is 0. The van der Waals surface area contributed by atoms with Crippen molar-refractivity contribution in [3.63, 3.8) is 0 Å². The van der Waals surface area contributed by atoms with E-state index < -0.39 is 0 Å². The standard InChI is InChI=1S/C28H46N2O2/c31-25-15-19-30-18-8-12-22-10-4-2-6-14-24-26(32)16-20-29-17-7-11-21(27(24)29)9-3-1-5-13-23(25)28(22)30/h21-24,27-28H,1-20H2/t21-,22-,23-,24-,27+,28+/m0/s1. The third-order valence-electron chi connectivity index (χ3n) is 9.97. The van der Waals surface area contributed by atoms with Crippen LogP contribution in [0, 0.1) is 23.7 Å². The van der Waals surface area contributed by atoms with Gasteiger partial charge in [0.25, 0.3) is 0 Å².